The molecule has 0 amide bonds. The van der Waals surface area contributed by atoms with Crippen LogP contribution >= 0.6 is 0 Å². The highest BCUT2D eigenvalue weighted by atomic mass is 32.2. The van der Waals surface area contributed by atoms with Gasteiger partial charge in [-0.25, -0.2) is 13.1 Å². The summed E-state index contributed by atoms with van der Waals surface area (Å²) in [5.74, 6) is 0.615. The number of hydrogen-bond donors (Lipinski definition) is 2. The number of hydrogen-bond acceptors (Lipinski definition) is 3. The van der Waals surface area contributed by atoms with E-state index in [-0.39, 0.29) is 10.9 Å². The molecule has 0 saturated carbocycles. The van der Waals surface area contributed by atoms with Gasteiger partial charge in [-0.1, -0.05) is 31.2 Å². The summed E-state index contributed by atoms with van der Waals surface area (Å²) in [6.07, 6.45) is 5.11. The molecule has 3 heterocycles. The molecule has 1 aliphatic rings. The third-order valence-electron chi connectivity index (χ3n) is 6.49. The van der Waals surface area contributed by atoms with E-state index in [1.165, 1.54) is 10.9 Å². The number of aromatic nitrogens is 2. The van der Waals surface area contributed by atoms with Gasteiger partial charge >= 0.3 is 0 Å². The molecule has 5 rings (SSSR count). The molecule has 0 unspecified atom stereocenters. The molecule has 1 fully saturated rings. The smallest absolute Gasteiger partial charge is 0.240 e. The minimum absolute atomic E-state index is 0.0138. The predicted molar refractivity (Wildman–Crippen MR) is 125 cm³/mol. The Hall–Kier alpha value is -2.61. The second kappa shape index (κ2) is 7.82. The molecule has 0 radical (unpaired) electrons. The third-order valence-corrected chi connectivity index (χ3v) is 7.91. The first-order chi connectivity index (χ1) is 14.9. The van der Waals surface area contributed by atoms with Crippen molar-refractivity contribution < 1.29 is 8.42 Å². The van der Waals surface area contributed by atoms with Crippen molar-refractivity contribution in [2.75, 3.05) is 19.6 Å². The zero-order valence-corrected chi connectivity index (χ0v) is 18.7. The van der Waals surface area contributed by atoms with Gasteiger partial charge in [-0.2, -0.15) is 0 Å². The lowest BCUT2D eigenvalue weighted by Gasteiger charge is -2.28. The fourth-order valence-electron chi connectivity index (χ4n) is 4.79. The zero-order valence-electron chi connectivity index (χ0n) is 17.9. The molecule has 0 spiro atoms. The number of likely N-dealkylation sites (tertiary alicyclic amines) is 1. The number of H-pyrrole nitrogens is 1. The Morgan fingerprint density at radius 3 is 2.84 bits per heavy atom. The van der Waals surface area contributed by atoms with E-state index in [1.54, 1.807) is 12.1 Å². The zero-order chi connectivity index (χ0) is 21.6. The molecule has 2 aromatic carbocycles. The summed E-state index contributed by atoms with van der Waals surface area (Å²) in [7, 11) is -1.58. The molecule has 2 N–H and O–H groups in total. The van der Waals surface area contributed by atoms with Crippen molar-refractivity contribution in [2.45, 2.75) is 24.3 Å². The van der Waals surface area contributed by atoms with Crippen LogP contribution in [-0.2, 0) is 17.1 Å². The summed E-state index contributed by atoms with van der Waals surface area (Å²) in [6.45, 7) is 4.55. The first-order valence-corrected chi connectivity index (χ1v) is 12.3. The number of benzene rings is 2. The van der Waals surface area contributed by atoms with Crippen LogP contribution in [0.4, 0.5) is 0 Å². The first-order valence-electron chi connectivity index (χ1n) is 10.8. The number of para-hydroxylation sites is 1. The highest BCUT2D eigenvalue weighted by Gasteiger charge is 2.30. The van der Waals surface area contributed by atoms with Crippen LogP contribution in [0, 0.1) is 5.92 Å². The number of aryl methyl sites for hydroxylation is 1. The minimum Gasteiger partial charge on any atom is -0.361 e. The Balaban J connectivity index is 1.47. The molecule has 4 aromatic rings. The molecule has 2 aromatic heterocycles. The van der Waals surface area contributed by atoms with Gasteiger partial charge in [0.1, 0.15) is 0 Å². The lowest BCUT2D eigenvalue weighted by molar-refractivity contribution is 0.240. The van der Waals surface area contributed by atoms with Gasteiger partial charge in [0.2, 0.25) is 10.0 Å². The molecule has 1 saturated heterocycles. The topological polar surface area (TPSA) is 70.1 Å². The van der Waals surface area contributed by atoms with Crippen LogP contribution in [0.5, 0.6) is 0 Å². The van der Waals surface area contributed by atoms with E-state index in [9.17, 15) is 8.42 Å². The highest BCUT2D eigenvalue weighted by molar-refractivity contribution is 7.89. The van der Waals surface area contributed by atoms with Crippen LogP contribution in [0.1, 0.15) is 24.9 Å². The van der Waals surface area contributed by atoms with Crippen LogP contribution in [-0.4, -0.2) is 42.5 Å². The second-order valence-electron chi connectivity index (χ2n) is 8.70. The van der Waals surface area contributed by atoms with Crippen molar-refractivity contribution in [2.24, 2.45) is 13.0 Å². The molecule has 2 atom stereocenters. The van der Waals surface area contributed by atoms with E-state index in [2.05, 4.69) is 44.4 Å². The molecule has 162 valence electrons. The predicted octanol–water partition coefficient (Wildman–Crippen LogP) is 4.02. The van der Waals surface area contributed by atoms with Crippen molar-refractivity contribution in [3.8, 4) is 0 Å². The van der Waals surface area contributed by atoms with E-state index in [0.717, 1.165) is 35.9 Å². The Morgan fingerprint density at radius 2 is 2.03 bits per heavy atom. The van der Waals surface area contributed by atoms with Gasteiger partial charge in [-0.05, 0) is 54.1 Å². The minimum atomic E-state index is -3.63. The number of aromatic amines is 1. The standard InChI is InChI=1S/C24H28N4O2S/c1-17-10-12-28(15-17)24(21-16-27(2)23-6-4-3-5-20(21)23)14-26-31(29,30)19-8-7-18-9-11-25-22(18)13-19/h3-9,11,13,16-17,24-26H,10,12,14-15H2,1-2H3/t17-,24-/m1/s1. The average Bonchev–Trinajstić information content (AvgIpc) is 3.48. The number of nitrogens with zero attached hydrogens (tertiary/aromatic N) is 2. The van der Waals surface area contributed by atoms with Crippen LogP contribution in [0.15, 0.2) is 65.8 Å². The van der Waals surface area contributed by atoms with Crippen molar-refractivity contribution >= 4 is 31.8 Å². The second-order valence-corrected chi connectivity index (χ2v) is 10.5. The summed E-state index contributed by atoms with van der Waals surface area (Å²) in [5.41, 5.74) is 3.16. The van der Waals surface area contributed by atoms with Gasteiger partial charge in [0.05, 0.1) is 10.9 Å². The largest absolute Gasteiger partial charge is 0.361 e. The quantitative estimate of drug-likeness (QED) is 0.480. The van der Waals surface area contributed by atoms with Gasteiger partial charge in [0.25, 0.3) is 0 Å². The maximum absolute atomic E-state index is 13.1. The molecular weight excluding hydrogens is 408 g/mol. The number of nitrogens with one attached hydrogen (secondary N) is 2. The summed E-state index contributed by atoms with van der Waals surface area (Å²) >= 11 is 0. The Labute approximate surface area is 182 Å². The van der Waals surface area contributed by atoms with Crippen LogP contribution in [0.2, 0.25) is 0 Å². The Bertz CT molecular complexity index is 1340. The fraction of sp³-hybridized carbons (Fsp3) is 0.333. The fourth-order valence-corrected chi connectivity index (χ4v) is 5.86. The Morgan fingerprint density at radius 1 is 1.19 bits per heavy atom. The third kappa shape index (κ3) is 3.78. The molecule has 7 heteroatoms. The van der Waals surface area contributed by atoms with E-state index in [0.29, 0.717) is 12.5 Å². The van der Waals surface area contributed by atoms with Crippen LogP contribution in [0.25, 0.3) is 21.8 Å². The molecule has 6 nitrogen and oxygen atoms in total. The SMILES string of the molecule is C[C@@H]1CCN([C@H](CNS(=O)(=O)c2ccc3cc[nH]c3c2)c2cn(C)c3ccccc23)C1. The summed E-state index contributed by atoms with van der Waals surface area (Å²) < 4.78 is 31.3. The summed E-state index contributed by atoms with van der Waals surface area (Å²) in [4.78, 5) is 5.80. The number of rotatable bonds is 6. The summed E-state index contributed by atoms with van der Waals surface area (Å²) in [5, 5.41) is 2.18. The monoisotopic (exact) mass is 436 g/mol. The van der Waals surface area contributed by atoms with Gasteiger partial charge in [-0.15, -0.1) is 0 Å². The van der Waals surface area contributed by atoms with Crippen molar-refractivity contribution in [1.82, 2.24) is 19.2 Å². The molecule has 0 bridgehead atoms. The Kier molecular flexibility index (Phi) is 5.12. The van der Waals surface area contributed by atoms with Crippen molar-refractivity contribution in [3.05, 3.63) is 66.5 Å². The molecular formula is C24H28N4O2S. The lowest BCUT2D eigenvalue weighted by atomic mass is 10.0. The summed E-state index contributed by atoms with van der Waals surface area (Å²) in [6, 6.07) is 15.5. The van der Waals surface area contributed by atoms with E-state index in [1.807, 2.05) is 37.5 Å². The van der Waals surface area contributed by atoms with Gasteiger partial charge in [0.15, 0.2) is 0 Å². The molecule has 0 aliphatic carbocycles. The van der Waals surface area contributed by atoms with Crippen LogP contribution in [0.3, 0.4) is 0 Å². The molecule has 31 heavy (non-hydrogen) atoms. The lowest BCUT2D eigenvalue weighted by Crippen LogP contribution is -2.37. The van der Waals surface area contributed by atoms with Gasteiger partial charge in [0, 0.05) is 49.0 Å². The first kappa shape index (κ1) is 20.3. The van der Waals surface area contributed by atoms with E-state index < -0.39 is 10.0 Å². The van der Waals surface area contributed by atoms with Crippen LogP contribution < -0.4 is 4.72 Å². The van der Waals surface area contributed by atoms with Crippen molar-refractivity contribution in [1.29, 1.82) is 0 Å². The average molecular weight is 437 g/mol. The number of fused-ring (bicyclic) bond motifs is 2. The highest BCUT2D eigenvalue weighted by Crippen LogP contribution is 2.33. The van der Waals surface area contributed by atoms with Crippen molar-refractivity contribution in [3.63, 3.8) is 0 Å². The number of sulfonamides is 1. The molecule has 1 aliphatic heterocycles. The maximum Gasteiger partial charge on any atom is 0.240 e. The van der Waals surface area contributed by atoms with E-state index >= 15 is 0 Å². The normalized spacial score (nSPS) is 18.8. The van der Waals surface area contributed by atoms with Gasteiger partial charge in [-0.3, -0.25) is 4.90 Å². The van der Waals surface area contributed by atoms with E-state index in [4.69, 9.17) is 0 Å². The van der Waals surface area contributed by atoms with Gasteiger partial charge < -0.3 is 9.55 Å². The maximum atomic E-state index is 13.1.